The number of allylic oxidation sites excluding steroid dienone is 1. The Hall–Kier alpha value is -8.86. The highest BCUT2D eigenvalue weighted by Crippen LogP contribution is 2.49. The fourth-order valence-electron chi connectivity index (χ4n) is 9.52. The minimum atomic E-state index is -0.340. The molecule has 0 spiro atoms. The lowest BCUT2D eigenvalue weighted by Crippen LogP contribution is -2.24. The number of furan rings is 1. The molecule has 67 heavy (non-hydrogen) atoms. The van der Waals surface area contributed by atoms with E-state index in [0.29, 0.717) is 0 Å². The summed E-state index contributed by atoms with van der Waals surface area (Å²) in [5.41, 5.74) is 19.7. The standard InChI is InChI=1S/C63H43N3O/c1-6-19-43(20-7-1)54-41-55(44-35-33-42(34-36-44)51-30-18-31-53-52-29-16-17-32-56(52)67-62(51)53)65-63(64-54)50-39-37-47(38-40-50)57-58(45-21-8-2-9-22-45)60(48-25-12-4-13-26-48)66-61(49-27-14-5-15-28-49)59(57)46-23-10-3-11-24-46/h1-41,63-64H. The first kappa shape index (κ1) is 39.7. The van der Waals surface area contributed by atoms with E-state index in [0.717, 1.165) is 117 Å². The molecule has 0 bridgehead atoms. The summed E-state index contributed by atoms with van der Waals surface area (Å²) in [4.78, 5) is 11.0. The number of rotatable bonds is 9. The Morgan fingerprint density at radius 1 is 0.358 bits per heavy atom. The maximum Gasteiger partial charge on any atom is 0.145 e. The number of hydrogen-bond donors (Lipinski definition) is 1. The molecule has 1 atom stereocenters. The Balaban J connectivity index is 0.993. The number of hydrogen-bond acceptors (Lipinski definition) is 4. The van der Waals surface area contributed by atoms with E-state index in [2.05, 4.69) is 242 Å². The molecular weight excluding hydrogens is 815 g/mol. The first-order valence-electron chi connectivity index (χ1n) is 22.8. The maximum absolute atomic E-state index is 6.41. The van der Waals surface area contributed by atoms with Crippen LogP contribution in [-0.2, 0) is 0 Å². The lowest BCUT2D eigenvalue weighted by atomic mass is 9.83. The molecule has 9 aromatic carbocycles. The summed E-state index contributed by atoms with van der Waals surface area (Å²) in [6, 6.07) is 85.3. The van der Waals surface area contributed by atoms with Crippen molar-refractivity contribution >= 4 is 33.3 Å². The van der Waals surface area contributed by atoms with Crippen molar-refractivity contribution in [3.63, 3.8) is 0 Å². The molecule has 316 valence electrons. The van der Waals surface area contributed by atoms with E-state index < -0.39 is 0 Å². The molecule has 0 amide bonds. The van der Waals surface area contributed by atoms with Gasteiger partial charge in [-0.25, -0.2) is 4.98 Å². The summed E-state index contributed by atoms with van der Waals surface area (Å²) in [5.74, 6) is 0. The normalized spacial score (nSPS) is 13.5. The number of aliphatic imine (C=N–C) groups is 1. The Bertz CT molecular complexity index is 3500. The molecule has 1 unspecified atom stereocenters. The van der Waals surface area contributed by atoms with E-state index in [1.54, 1.807) is 0 Å². The maximum atomic E-state index is 6.41. The van der Waals surface area contributed by atoms with Crippen molar-refractivity contribution in [3.8, 4) is 67.0 Å². The highest BCUT2D eigenvalue weighted by atomic mass is 16.3. The highest BCUT2D eigenvalue weighted by molar-refractivity contribution is 6.14. The van der Waals surface area contributed by atoms with Crippen molar-refractivity contribution < 1.29 is 4.42 Å². The minimum absolute atomic E-state index is 0.340. The van der Waals surface area contributed by atoms with E-state index in [9.17, 15) is 0 Å². The van der Waals surface area contributed by atoms with Gasteiger partial charge >= 0.3 is 0 Å². The fourth-order valence-corrected chi connectivity index (χ4v) is 9.52. The molecule has 0 fully saturated rings. The molecule has 0 aliphatic carbocycles. The molecule has 4 heteroatoms. The van der Waals surface area contributed by atoms with Crippen LogP contribution in [0.2, 0.25) is 0 Å². The van der Waals surface area contributed by atoms with Gasteiger partial charge in [0.25, 0.3) is 0 Å². The van der Waals surface area contributed by atoms with Gasteiger partial charge in [0.1, 0.15) is 17.3 Å². The molecule has 1 N–H and O–H groups in total. The predicted octanol–water partition coefficient (Wildman–Crippen LogP) is 16.1. The van der Waals surface area contributed by atoms with Crippen LogP contribution in [0.3, 0.4) is 0 Å². The van der Waals surface area contributed by atoms with Gasteiger partial charge in [0.15, 0.2) is 0 Å². The Labute approximate surface area is 389 Å². The first-order chi connectivity index (χ1) is 33.2. The van der Waals surface area contributed by atoms with Crippen molar-refractivity contribution in [1.82, 2.24) is 10.3 Å². The van der Waals surface area contributed by atoms with Gasteiger partial charge in [-0.2, -0.15) is 0 Å². The Morgan fingerprint density at radius 3 is 1.40 bits per heavy atom. The second-order valence-corrected chi connectivity index (χ2v) is 16.9. The molecule has 11 aromatic rings. The van der Waals surface area contributed by atoms with Crippen molar-refractivity contribution in [1.29, 1.82) is 0 Å². The molecular formula is C63H43N3O. The smallest absolute Gasteiger partial charge is 0.145 e. The van der Waals surface area contributed by atoms with Crippen LogP contribution in [0.4, 0.5) is 0 Å². The number of benzene rings is 9. The molecule has 1 aliphatic rings. The van der Waals surface area contributed by atoms with Crippen molar-refractivity contribution in [2.24, 2.45) is 4.99 Å². The van der Waals surface area contributed by atoms with Crippen LogP contribution in [-0.4, -0.2) is 10.7 Å². The average Bonchev–Trinajstić information content (AvgIpc) is 3.81. The Morgan fingerprint density at radius 2 is 0.821 bits per heavy atom. The van der Waals surface area contributed by atoms with Crippen molar-refractivity contribution in [3.05, 3.63) is 265 Å². The van der Waals surface area contributed by atoms with E-state index >= 15 is 0 Å². The molecule has 12 rings (SSSR count). The summed E-state index contributed by atoms with van der Waals surface area (Å²) in [5, 5.41) is 6.05. The van der Waals surface area contributed by atoms with Crippen molar-refractivity contribution in [2.75, 3.05) is 0 Å². The van der Waals surface area contributed by atoms with E-state index in [-0.39, 0.29) is 6.17 Å². The van der Waals surface area contributed by atoms with Gasteiger partial charge in [-0.1, -0.05) is 237 Å². The number of aromatic nitrogens is 1. The molecule has 0 radical (unpaired) electrons. The van der Waals surface area contributed by atoms with Crippen LogP contribution >= 0.6 is 0 Å². The molecule has 0 saturated heterocycles. The quantitative estimate of drug-likeness (QED) is 0.157. The van der Waals surface area contributed by atoms with Crippen molar-refractivity contribution in [2.45, 2.75) is 6.17 Å². The second kappa shape index (κ2) is 17.3. The number of fused-ring (bicyclic) bond motifs is 3. The highest BCUT2D eigenvalue weighted by Gasteiger charge is 2.26. The summed E-state index contributed by atoms with van der Waals surface area (Å²) in [6.07, 6.45) is 1.83. The lowest BCUT2D eigenvalue weighted by molar-refractivity contribution is 0.664. The SMILES string of the molecule is C1=C(c2ccccc2)NC(c2ccc(-c3c(-c4ccccc4)c(-c4ccccc4)nc(-c4ccccc4)c3-c3ccccc3)cc2)N=C1c1ccc(-c2cccc3c2oc2ccccc23)cc1. The Kier molecular flexibility index (Phi) is 10.2. The number of nitrogens with zero attached hydrogens (tertiary/aromatic N) is 2. The summed E-state index contributed by atoms with van der Waals surface area (Å²) in [6.45, 7) is 0. The molecule has 4 nitrogen and oxygen atoms in total. The van der Waals surface area contributed by atoms with E-state index in [1.807, 2.05) is 12.1 Å². The van der Waals surface area contributed by atoms with Gasteiger partial charge < -0.3 is 9.73 Å². The molecule has 3 heterocycles. The third-order valence-electron chi connectivity index (χ3n) is 12.8. The zero-order chi connectivity index (χ0) is 44.5. The average molecular weight is 858 g/mol. The van der Waals surface area contributed by atoms with Gasteiger partial charge in [0, 0.05) is 49.9 Å². The van der Waals surface area contributed by atoms with E-state index in [4.69, 9.17) is 14.4 Å². The molecule has 2 aromatic heterocycles. The number of pyridine rings is 1. The largest absolute Gasteiger partial charge is 0.455 e. The van der Waals surface area contributed by atoms with Crippen LogP contribution < -0.4 is 5.32 Å². The summed E-state index contributed by atoms with van der Waals surface area (Å²) < 4.78 is 6.41. The molecule has 0 saturated carbocycles. The zero-order valence-electron chi connectivity index (χ0n) is 36.6. The monoisotopic (exact) mass is 857 g/mol. The van der Waals surface area contributed by atoms with Crippen LogP contribution in [0, 0.1) is 0 Å². The van der Waals surface area contributed by atoms with Crippen LogP contribution in [0.1, 0.15) is 22.9 Å². The van der Waals surface area contributed by atoms with Gasteiger partial charge in [0.05, 0.1) is 17.1 Å². The third kappa shape index (κ3) is 7.51. The molecule has 1 aliphatic heterocycles. The lowest BCUT2D eigenvalue weighted by Gasteiger charge is -2.26. The second-order valence-electron chi connectivity index (χ2n) is 16.9. The van der Waals surface area contributed by atoms with Crippen LogP contribution in [0.5, 0.6) is 0 Å². The number of para-hydroxylation sites is 2. The van der Waals surface area contributed by atoms with Gasteiger partial charge in [-0.05, 0) is 51.1 Å². The zero-order valence-corrected chi connectivity index (χ0v) is 36.6. The van der Waals surface area contributed by atoms with Crippen LogP contribution in [0.15, 0.2) is 258 Å². The van der Waals surface area contributed by atoms with E-state index in [1.165, 1.54) is 0 Å². The third-order valence-corrected chi connectivity index (χ3v) is 12.8. The summed E-state index contributed by atoms with van der Waals surface area (Å²) >= 11 is 0. The van der Waals surface area contributed by atoms with Gasteiger partial charge in [-0.15, -0.1) is 0 Å². The number of nitrogens with one attached hydrogen (secondary N) is 1. The van der Waals surface area contributed by atoms with Gasteiger partial charge in [-0.3, -0.25) is 4.99 Å². The van der Waals surface area contributed by atoms with Crippen LogP contribution in [0.25, 0.3) is 94.7 Å². The van der Waals surface area contributed by atoms with Gasteiger partial charge in [0.2, 0.25) is 0 Å². The summed E-state index contributed by atoms with van der Waals surface area (Å²) in [7, 11) is 0. The topological polar surface area (TPSA) is 50.4 Å². The minimum Gasteiger partial charge on any atom is -0.455 e. The predicted molar refractivity (Wildman–Crippen MR) is 277 cm³/mol. The first-order valence-corrected chi connectivity index (χ1v) is 22.8. The fraction of sp³-hybridized carbons (Fsp3) is 0.0159.